The third kappa shape index (κ3) is 4.63. The summed E-state index contributed by atoms with van der Waals surface area (Å²) in [5, 5.41) is 3.03. The zero-order valence-corrected chi connectivity index (χ0v) is 15.3. The molecule has 1 amide bonds. The van der Waals surface area contributed by atoms with Crippen LogP contribution in [0.25, 0.3) is 0 Å². The molecule has 0 spiro atoms. The summed E-state index contributed by atoms with van der Waals surface area (Å²) < 4.78 is 10.8. The molecule has 0 aliphatic heterocycles. The molecular formula is C16H15Cl2NO4S. The van der Waals surface area contributed by atoms with Crippen LogP contribution in [-0.2, 0) is 4.79 Å². The zero-order chi connectivity index (χ0) is 17.7. The summed E-state index contributed by atoms with van der Waals surface area (Å²) in [7, 11) is 2.96. The van der Waals surface area contributed by atoms with E-state index in [2.05, 4.69) is 5.32 Å². The van der Waals surface area contributed by atoms with Gasteiger partial charge in [-0.25, -0.2) is 0 Å². The third-order valence-corrected chi connectivity index (χ3v) is 4.74. The maximum absolute atomic E-state index is 12.1. The molecule has 2 rings (SSSR count). The summed E-state index contributed by atoms with van der Waals surface area (Å²) in [4.78, 5) is 24.6. The number of hydrogen-bond donors (Lipinski definition) is 1. The third-order valence-electron chi connectivity index (χ3n) is 3.18. The van der Waals surface area contributed by atoms with Crippen molar-refractivity contribution in [3.63, 3.8) is 0 Å². The zero-order valence-electron chi connectivity index (χ0n) is 13.0. The van der Waals surface area contributed by atoms with E-state index < -0.39 is 0 Å². The predicted molar refractivity (Wildman–Crippen MR) is 96.1 cm³/mol. The van der Waals surface area contributed by atoms with Gasteiger partial charge in [0.05, 0.1) is 34.1 Å². The van der Waals surface area contributed by atoms with Crippen LogP contribution in [0.1, 0.15) is 22.5 Å². The van der Waals surface area contributed by atoms with Crippen LogP contribution in [0.3, 0.4) is 0 Å². The number of ether oxygens (including phenoxy) is 2. The van der Waals surface area contributed by atoms with Gasteiger partial charge < -0.3 is 14.8 Å². The first-order valence-corrected chi connectivity index (χ1v) is 8.51. The molecule has 2 aromatic rings. The molecule has 8 heteroatoms. The molecular weight excluding hydrogens is 373 g/mol. The summed E-state index contributed by atoms with van der Waals surface area (Å²) in [6, 6.07) is 6.43. The second-order valence-electron chi connectivity index (χ2n) is 4.76. The molecule has 1 aromatic heterocycles. The van der Waals surface area contributed by atoms with Crippen molar-refractivity contribution in [3.8, 4) is 11.5 Å². The number of amides is 1. The van der Waals surface area contributed by atoms with Crippen molar-refractivity contribution in [2.75, 3.05) is 19.5 Å². The Morgan fingerprint density at radius 2 is 1.79 bits per heavy atom. The Labute approximate surface area is 153 Å². The Bertz CT molecular complexity index is 761. The molecule has 0 bridgehead atoms. The lowest BCUT2D eigenvalue weighted by molar-refractivity contribution is -0.116. The molecule has 1 aromatic carbocycles. The monoisotopic (exact) mass is 387 g/mol. The van der Waals surface area contributed by atoms with Crippen LogP contribution in [0.2, 0.25) is 9.36 Å². The number of halogens is 2. The number of carbonyl (C=O) groups is 2. The lowest BCUT2D eigenvalue weighted by Gasteiger charge is -2.13. The standard InChI is InChI=1S/C16H15Cl2NO4S/c1-22-12-8-13(23-2)10(7-9(12)17)19-16(21)6-3-11(20)14-4-5-15(18)24-14/h4-5,7-8H,3,6H2,1-2H3,(H,19,21). The van der Waals surface area contributed by atoms with Gasteiger partial charge in [-0.1, -0.05) is 23.2 Å². The van der Waals surface area contributed by atoms with E-state index in [1.807, 2.05) is 0 Å². The number of nitrogens with one attached hydrogen (secondary N) is 1. The first-order chi connectivity index (χ1) is 11.4. The molecule has 1 heterocycles. The van der Waals surface area contributed by atoms with E-state index in [0.717, 1.165) is 0 Å². The van der Waals surface area contributed by atoms with Crippen molar-refractivity contribution < 1.29 is 19.1 Å². The Morgan fingerprint density at radius 1 is 1.08 bits per heavy atom. The minimum Gasteiger partial charge on any atom is -0.495 e. The molecule has 0 fully saturated rings. The fraction of sp³-hybridized carbons (Fsp3) is 0.250. The molecule has 0 saturated carbocycles. The van der Waals surface area contributed by atoms with Crippen LogP contribution < -0.4 is 14.8 Å². The molecule has 0 saturated heterocycles. The van der Waals surface area contributed by atoms with Gasteiger partial charge in [-0.05, 0) is 18.2 Å². The molecule has 1 N–H and O–H groups in total. The van der Waals surface area contributed by atoms with Gasteiger partial charge in [0, 0.05) is 18.9 Å². The summed E-state index contributed by atoms with van der Waals surface area (Å²) >= 11 is 13.0. The molecule has 24 heavy (non-hydrogen) atoms. The second kappa shape index (κ2) is 8.37. The number of carbonyl (C=O) groups excluding carboxylic acids is 2. The van der Waals surface area contributed by atoms with Crippen LogP contribution in [0.4, 0.5) is 5.69 Å². The number of anilines is 1. The van der Waals surface area contributed by atoms with Crippen LogP contribution in [0.5, 0.6) is 11.5 Å². The summed E-state index contributed by atoms with van der Waals surface area (Å²) in [5.74, 6) is 0.421. The van der Waals surface area contributed by atoms with Crippen molar-refractivity contribution in [1.82, 2.24) is 0 Å². The van der Waals surface area contributed by atoms with Crippen molar-refractivity contribution in [1.29, 1.82) is 0 Å². The number of hydrogen-bond acceptors (Lipinski definition) is 5. The van der Waals surface area contributed by atoms with Crippen molar-refractivity contribution in [2.24, 2.45) is 0 Å². The smallest absolute Gasteiger partial charge is 0.224 e. The lowest BCUT2D eigenvalue weighted by Crippen LogP contribution is -2.14. The van der Waals surface area contributed by atoms with Gasteiger partial charge in [-0.15, -0.1) is 11.3 Å². The largest absolute Gasteiger partial charge is 0.495 e. The lowest BCUT2D eigenvalue weighted by atomic mass is 10.2. The summed E-state index contributed by atoms with van der Waals surface area (Å²) in [6.45, 7) is 0. The van der Waals surface area contributed by atoms with Crippen molar-refractivity contribution in [3.05, 3.63) is 38.5 Å². The first-order valence-electron chi connectivity index (χ1n) is 6.94. The molecule has 128 valence electrons. The number of thiophene rings is 1. The molecule has 0 unspecified atom stereocenters. The summed E-state index contributed by atoms with van der Waals surface area (Å²) in [6.07, 6.45) is 0.135. The fourth-order valence-corrected chi connectivity index (χ4v) is 3.24. The van der Waals surface area contributed by atoms with Gasteiger partial charge in [0.15, 0.2) is 5.78 Å². The van der Waals surface area contributed by atoms with E-state index in [1.165, 1.54) is 31.6 Å². The number of rotatable bonds is 7. The SMILES string of the molecule is COc1cc(OC)c(NC(=O)CCC(=O)c2ccc(Cl)s2)cc1Cl. The Morgan fingerprint density at radius 3 is 2.38 bits per heavy atom. The van der Waals surface area contributed by atoms with Gasteiger partial charge in [-0.2, -0.15) is 0 Å². The fourth-order valence-electron chi connectivity index (χ4n) is 1.98. The Kier molecular flexibility index (Phi) is 6.48. The number of benzene rings is 1. The Balaban J connectivity index is 1.99. The Hall–Kier alpha value is -1.76. The van der Waals surface area contributed by atoms with E-state index in [4.69, 9.17) is 32.7 Å². The van der Waals surface area contributed by atoms with Crippen molar-refractivity contribution >= 4 is 51.9 Å². The highest BCUT2D eigenvalue weighted by molar-refractivity contribution is 7.18. The van der Waals surface area contributed by atoms with E-state index in [1.54, 1.807) is 18.2 Å². The van der Waals surface area contributed by atoms with E-state index in [9.17, 15) is 9.59 Å². The quantitative estimate of drug-likeness (QED) is 0.700. The second-order valence-corrected chi connectivity index (χ2v) is 6.88. The highest BCUT2D eigenvalue weighted by atomic mass is 35.5. The molecule has 0 radical (unpaired) electrons. The molecule has 0 aliphatic carbocycles. The van der Waals surface area contributed by atoms with Crippen LogP contribution in [0, 0.1) is 0 Å². The first kappa shape index (κ1) is 18.6. The van der Waals surface area contributed by atoms with Crippen LogP contribution >= 0.6 is 34.5 Å². The van der Waals surface area contributed by atoms with Crippen LogP contribution in [0.15, 0.2) is 24.3 Å². The van der Waals surface area contributed by atoms with E-state index >= 15 is 0 Å². The number of Topliss-reactive ketones (excluding diaryl/α,β-unsaturated/α-hetero) is 1. The van der Waals surface area contributed by atoms with Gasteiger partial charge >= 0.3 is 0 Å². The normalized spacial score (nSPS) is 10.3. The van der Waals surface area contributed by atoms with Gasteiger partial charge in [0.2, 0.25) is 5.91 Å². The maximum atomic E-state index is 12.1. The maximum Gasteiger partial charge on any atom is 0.224 e. The van der Waals surface area contributed by atoms with Gasteiger partial charge in [0.1, 0.15) is 11.5 Å². The molecule has 0 aliphatic rings. The van der Waals surface area contributed by atoms with Gasteiger partial charge in [-0.3, -0.25) is 9.59 Å². The minimum absolute atomic E-state index is 0.0428. The average molecular weight is 388 g/mol. The topological polar surface area (TPSA) is 64.6 Å². The van der Waals surface area contributed by atoms with Gasteiger partial charge in [0.25, 0.3) is 0 Å². The minimum atomic E-state index is -0.314. The van der Waals surface area contributed by atoms with Crippen molar-refractivity contribution in [2.45, 2.75) is 12.8 Å². The highest BCUT2D eigenvalue weighted by Crippen LogP contribution is 2.36. The number of methoxy groups -OCH3 is 2. The average Bonchev–Trinajstić information content (AvgIpc) is 2.99. The number of ketones is 1. The molecule has 5 nitrogen and oxygen atoms in total. The summed E-state index contributed by atoms with van der Waals surface area (Å²) in [5.41, 5.74) is 0.417. The molecule has 0 atom stereocenters. The van der Waals surface area contributed by atoms with E-state index in [0.29, 0.717) is 31.4 Å². The highest BCUT2D eigenvalue weighted by Gasteiger charge is 2.15. The van der Waals surface area contributed by atoms with Crippen LogP contribution in [-0.4, -0.2) is 25.9 Å². The predicted octanol–water partition coefficient (Wildman–Crippen LogP) is 4.67. The van der Waals surface area contributed by atoms with E-state index in [-0.39, 0.29) is 24.5 Å².